The van der Waals surface area contributed by atoms with Crippen LogP contribution in [0, 0.1) is 5.82 Å². The van der Waals surface area contributed by atoms with Gasteiger partial charge in [0.1, 0.15) is 5.82 Å². The van der Waals surface area contributed by atoms with Crippen LogP contribution in [0.15, 0.2) is 16.6 Å². The summed E-state index contributed by atoms with van der Waals surface area (Å²) >= 11 is 6.56. The third-order valence-corrected chi connectivity index (χ3v) is 4.16. The fourth-order valence-corrected chi connectivity index (χ4v) is 2.83. The molecule has 0 bridgehead atoms. The highest BCUT2D eigenvalue weighted by atomic mass is 79.9. The Morgan fingerprint density at radius 3 is 2.83 bits per heavy atom. The van der Waals surface area contributed by atoms with Crippen LogP contribution in [-0.2, 0) is 21.4 Å². The lowest BCUT2D eigenvalue weighted by molar-refractivity contribution is -0.169. The van der Waals surface area contributed by atoms with E-state index in [4.69, 9.17) is 9.47 Å². The molecule has 0 aliphatic carbocycles. The van der Waals surface area contributed by atoms with Gasteiger partial charge in [-0.05, 0) is 58.5 Å². The first-order chi connectivity index (χ1) is 8.70. The molecule has 2 rings (SSSR count). The van der Waals surface area contributed by atoms with E-state index in [1.165, 1.54) is 6.07 Å². The lowest BCUT2D eigenvalue weighted by Gasteiger charge is -2.23. The van der Waals surface area contributed by atoms with Crippen LogP contribution >= 0.6 is 31.9 Å². The predicted octanol–water partition coefficient (Wildman–Crippen LogP) is 4.53. The zero-order valence-corrected chi connectivity index (χ0v) is 13.1. The maximum absolute atomic E-state index is 13.4. The van der Waals surface area contributed by atoms with Crippen molar-refractivity contribution in [2.24, 2.45) is 0 Å². The van der Waals surface area contributed by atoms with Gasteiger partial charge in [0.25, 0.3) is 0 Å². The number of halogens is 3. The normalized spacial score (nSPS) is 20.1. The molecule has 0 amide bonds. The second-order valence-electron chi connectivity index (χ2n) is 4.28. The van der Waals surface area contributed by atoms with Crippen LogP contribution in [0.4, 0.5) is 4.39 Å². The fraction of sp³-hybridized carbons (Fsp3) is 0.538. The molecule has 1 aliphatic rings. The number of hydrogen-bond donors (Lipinski definition) is 0. The van der Waals surface area contributed by atoms with Gasteiger partial charge in [0.15, 0.2) is 6.29 Å². The topological polar surface area (TPSA) is 18.5 Å². The number of hydrogen-bond acceptors (Lipinski definition) is 2. The fourth-order valence-electron chi connectivity index (χ4n) is 1.91. The molecule has 1 aromatic carbocycles. The van der Waals surface area contributed by atoms with Crippen molar-refractivity contribution in [3.63, 3.8) is 0 Å². The highest BCUT2D eigenvalue weighted by Crippen LogP contribution is 2.24. The minimum Gasteiger partial charge on any atom is -0.353 e. The first-order valence-electron chi connectivity index (χ1n) is 5.96. The zero-order chi connectivity index (χ0) is 13.0. The summed E-state index contributed by atoms with van der Waals surface area (Å²) in [4.78, 5) is 0. The Morgan fingerprint density at radius 1 is 1.33 bits per heavy atom. The third-order valence-electron chi connectivity index (χ3n) is 2.95. The first kappa shape index (κ1) is 14.4. The number of alkyl halides is 1. The van der Waals surface area contributed by atoms with E-state index in [0.29, 0.717) is 16.4 Å². The van der Waals surface area contributed by atoms with Crippen LogP contribution in [0.1, 0.15) is 30.4 Å². The summed E-state index contributed by atoms with van der Waals surface area (Å²) in [5.74, 6) is -0.248. The van der Waals surface area contributed by atoms with Crippen LogP contribution in [0.5, 0.6) is 0 Å². The summed E-state index contributed by atoms with van der Waals surface area (Å²) in [5, 5.41) is 0.613. The molecule has 18 heavy (non-hydrogen) atoms. The average molecular weight is 382 g/mol. The van der Waals surface area contributed by atoms with Crippen molar-refractivity contribution in [3.05, 3.63) is 33.5 Å². The van der Waals surface area contributed by atoms with Gasteiger partial charge in [0.05, 0.1) is 11.1 Å². The van der Waals surface area contributed by atoms with Crippen LogP contribution in [0.3, 0.4) is 0 Å². The van der Waals surface area contributed by atoms with Crippen LogP contribution in [0.2, 0.25) is 0 Å². The minimum atomic E-state index is -0.248. The molecular weight excluding hydrogens is 367 g/mol. The number of benzene rings is 1. The van der Waals surface area contributed by atoms with Gasteiger partial charge in [0, 0.05) is 11.9 Å². The molecule has 0 spiro atoms. The van der Waals surface area contributed by atoms with E-state index in [1.54, 1.807) is 6.07 Å². The molecule has 5 heteroatoms. The average Bonchev–Trinajstić information content (AvgIpc) is 2.41. The molecule has 1 heterocycles. The van der Waals surface area contributed by atoms with Gasteiger partial charge in [-0.15, -0.1) is 0 Å². The number of ether oxygens (including phenoxy) is 2. The smallest absolute Gasteiger partial charge is 0.158 e. The molecule has 100 valence electrons. The standard InChI is InChI=1S/C13H15Br2FO2/c14-7-9-6-12(16)11(15)5-10(9)8-18-13-3-1-2-4-17-13/h5-6,13H,1-4,7-8H2. The molecule has 0 N–H and O–H groups in total. The Labute approximate surface area is 123 Å². The summed E-state index contributed by atoms with van der Waals surface area (Å²) in [7, 11) is 0. The zero-order valence-electron chi connectivity index (χ0n) is 9.93. The van der Waals surface area contributed by atoms with E-state index in [9.17, 15) is 4.39 Å². The van der Waals surface area contributed by atoms with E-state index < -0.39 is 0 Å². The summed E-state index contributed by atoms with van der Waals surface area (Å²) < 4.78 is 25.1. The number of rotatable bonds is 4. The van der Waals surface area contributed by atoms with E-state index in [-0.39, 0.29) is 12.1 Å². The molecule has 0 saturated carbocycles. The maximum atomic E-state index is 13.4. The molecule has 1 fully saturated rings. The monoisotopic (exact) mass is 380 g/mol. The Morgan fingerprint density at radius 2 is 2.17 bits per heavy atom. The van der Waals surface area contributed by atoms with Gasteiger partial charge in [-0.25, -0.2) is 4.39 Å². The van der Waals surface area contributed by atoms with Crippen molar-refractivity contribution in [3.8, 4) is 0 Å². The summed E-state index contributed by atoms with van der Waals surface area (Å²) in [5.41, 5.74) is 1.89. The predicted molar refractivity (Wildman–Crippen MR) is 75.1 cm³/mol. The maximum Gasteiger partial charge on any atom is 0.158 e. The quantitative estimate of drug-likeness (QED) is 0.713. The molecule has 1 saturated heterocycles. The van der Waals surface area contributed by atoms with Crippen molar-refractivity contribution in [2.45, 2.75) is 37.5 Å². The second kappa shape index (κ2) is 6.98. The van der Waals surface area contributed by atoms with Crippen molar-refractivity contribution < 1.29 is 13.9 Å². The van der Waals surface area contributed by atoms with E-state index in [2.05, 4.69) is 31.9 Å². The molecule has 1 unspecified atom stereocenters. The van der Waals surface area contributed by atoms with Crippen molar-refractivity contribution in [1.29, 1.82) is 0 Å². The summed E-state index contributed by atoms with van der Waals surface area (Å²) in [6.45, 7) is 1.22. The Bertz CT molecular complexity index is 406. The van der Waals surface area contributed by atoms with Crippen LogP contribution in [-0.4, -0.2) is 12.9 Å². The van der Waals surface area contributed by atoms with E-state index >= 15 is 0 Å². The van der Waals surface area contributed by atoms with Gasteiger partial charge in [-0.3, -0.25) is 0 Å². The molecule has 1 atom stereocenters. The lowest BCUT2D eigenvalue weighted by atomic mass is 10.1. The minimum absolute atomic E-state index is 0.120. The molecule has 1 aliphatic heterocycles. The Balaban J connectivity index is 2.01. The Kier molecular flexibility index (Phi) is 5.60. The molecule has 1 aromatic rings. The van der Waals surface area contributed by atoms with Crippen molar-refractivity contribution >= 4 is 31.9 Å². The third kappa shape index (κ3) is 3.76. The van der Waals surface area contributed by atoms with Crippen LogP contribution < -0.4 is 0 Å². The van der Waals surface area contributed by atoms with E-state index in [1.807, 2.05) is 0 Å². The van der Waals surface area contributed by atoms with Crippen molar-refractivity contribution in [1.82, 2.24) is 0 Å². The Hall–Kier alpha value is 0.0300. The first-order valence-corrected chi connectivity index (χ1v) is 7.88. The van der Waals surface area contributed by atoms with E-state index in [0.717, 1.165) is 37.0 Å². The largest absolute Gasteiger partial charge is 0.353 e. The molecule has 0 aromatic heterocycles. The van der Waals surface area contributed by atoms with Gasteiger partial charge >= 0.3 is 0 Å². The molecule has 2 nitrogen and oxygen atoms in total. The van der Waals surface area contributed by atoms with Crippen LogP contribution in [0.25, 0.3) is 0 Å². The second-order valence-corrected chi connectivity index (χ2v) is 5.69. The van der Waals surface area contributed by atoms with Gasteiger partial charge in [-0.2, -0.15) is 0 Å². The highest BCUT2D eigenvalue weighted by molar-refractivity contribution is 9.10. The lowest BCUT2D eigenvalue weighted by Crippen LogP contribution is -2.22. The van der Waals surface area contributed by atoms with Crippen molar-refractivity contribution in [2.75, 3.05) is 6.61 Å². The summed E-state index contributed by atoms with van der Waals surface area (Å²) in [6.07, 6.45) is 3.06. The SMILES string of the molecule is Fc1cc(CBr)c(COC2CCCCO2)cc1Br. The summed E-state index contributed by atoms with van der Waals surface area (Å²) in [6, 6.07) is 3.30. The van der Waals surface area contributed by atoms with Gasteiger partial charge in [0.2, 0.25) is 0 Å². The highest BCUT2D eigenvalue weighted by Gasteiger charge is 2.15. The van der Waals surface area contributed by atoms with Gasteiger partial charge < -0.3 is 9.47 Å². The molecular formula is C13H15Br2FO2. The molecule has 0 radical (unpaired) electrons. The van der Waals surface area contributed by atoms with Gasteiger partial charge in [-0.1, -0.05) is 15.9 Å².